The van der Waals surface area contributed by atoms with Gasteiger partial charge in [0.15, 0.2) is 0 Å². The van der Waals surface area contributed by atoms with Gasteiger partial charge in [0.05, 0.1) is 10.5 Å². The van der Waals surface area contributed by atoms with Crippen molar-refractivity contribution in [2.75, 3.05) is 0 Å². The van der Waals surface area contributed by atoms with E-state index in [4.69, 9.17) is 17.0 Å². The Balaban J connectivity index is 1.79. The van der Waals surface area contributed by atoms with Crippen LogP contribution in [0.5, 0.6) is 5.75 Å². The fourth-order valence-electron chi connectivity index (χ4n) is 2.29. The summed E-state index contributed by atoms with van der Waals surface area (Å²) in [5.41, 5.74) is 0.319. The maximum Gasteiger partial charge on any atom is 0.416 e. The monoisotopic (exact) mass is 395 g/mol. The molecule has 0 spiro atoms. The van der Waals surface area contributed by atoms with E-state index in [1.165, 1.54) is 6.07 Å². The van der Waals surface area contributed by atoms with E-state index in [0.717, 1.165) is 23.9 Å². The number of ether oxygens (including phenoxy) is 1. The van der Waals surface area contributed by atoms with Crippen molar-refractivity contribution < 1.29 is 22.7 Å². The second-order valence-electron chi connectivity index (χ2n) is 5.38. The standard InChI is InChI=1S/C18H12F3NO2S2/c19-18(20,21)13-6-3-4-11(8-13)10-24-14-7-2-1-5-12(14)9-15-16(23)22-17(25)26-15/h1-9H,10H2,(H,22,23,25). The highest BCUT2D eigenvalue weighted by Gasteiger charge is 2.30. The minimum atomic E-state index is -4.40. The Morgan fingerprint density at radius 3 is 2.62 bits per heavy atom. The van der Waals surface area contributed by atoms with Gasteiger partial charge < -0.3 is 10.1 Å². The summed E-state index contributed by atoms with van der Waals surface area (Å²) < 4.78 is 44.4. The first-order valence-electron chi connectivity index (χ1n) is 7.46. The molecule has 0 bridgehead atoms. The molecule has 134 valence electrons. The SMILES string of the molecule is O=C1NC(=S)SC1=Cc1ccccc1OCc1cccc(C(F)(F)F)c1. The maximum absolute atomic E-state index is 12.8. The van der Waals surface area contributed by atoms with E-state index in [9.17, 15) is 18.0 Å². The Morgan fingerprint density at radius 1 is 1.15 bits per heavy atom. The molecule has 0 unspecified atom stereocenters. The Hall–Kier alpha value is -2.32. The number of hydrogen-bond donors (Lipinski definition) is 1. The van der Waals surface area contributed by atoms with Crippen LogP contribution in [0, 0.1) is 0 Å². The van der Waals surface area contributed by atoms with Gasteiger partial charge in [0, 0.05) is 5.56 Å². The van der Waals surface area contributed by atoms with Crippen LogP contribution in [0.3, 0.4) is 0 Å². The minimum absolute atomic E-state index is 0.0259. The molecular weight excluding hydrogens is 383 g/mol. The molecule has 2 aromatic rings. The van der Waals surface area contributed by atoms with Crippen molar-refractivity contribution in [2.24, 2.45) is 0 Å². The Bertz CT molecular complexity index is 894. The van der Waals surface area contributed by atoms with Crippen LogP contribution in [-0.4, -0.2) is 10.2 Å². The van der Waals surface area contributed by atoms with Crippen LogP contribution in [0.2, 0.25) is 0 Å². The minimum Gasteiger partial charge on any atom is -0.488 e. The maximum atomic E-state index is 12.8. The lowest BCUT2D eigenvalue weighted by atomic mass is 10.1. The zero-order valence-corrected chi connectivity index (χ0v) is 14.8. The van der Waals surface area contributed by atoms with Crippen molar-refractivity contribution in [3.05, 3.63) is 70.1 Å². The highest BCUT2D eigenvalue weighted by molar-refractivity contribution is 8.26. The summed E-state index contributed by atoms with van der Waals surface area (Å²) >= 11 is 6.09. The molecule has 2 aromatic carbocycles. The average molecular weight is 395 g/mol. The number of nitrogens with one attached hydrogen (secondary N) is 1. The number of hydrogen-bond acceptors (Lipinski definition) is 4. The van der Waals surface area contributed by atoms with Crippen molar-refractivity contribution in [3.63, 3.8) is 0 Å². The first-order chi connectivity index (χ1) is 12.3. The lowest BCUT2D eigenvalue weighted by molar-refractivity contribution is -0.137. The molecule has 0 atom stereocenters. The molecule has 0 aliphatic carbocycles. The summed E-state index contributed by atoms with van der Waals surface area (Å²) in [7, 11) is 0. The predicted molar refractivity (Wildman–Crippen MR) is 98.5 cm³/mol. The topological polar surface area (TPSA) is 38.3 Å². The number of carbonyl (C=O) groups excluding carboxylic acids is 1. The van der Waals surface area contributed by atoms with E-state index in [1.807, 2.05) is 0 Å². The predicted octanol–water partition coefficient (Wildman–Crippen LogP) is 4.77. The number of benzene rings is 2. The third-order valence-corrected chi connectivity index (χ3v) is 4.66. The number of alkyl halides is 3. The zero-order chi connectivity index (χ0) is 18.7. The first-order valence-corrected chi connectivity index (χ1v) is 8.68. The highest BCUT2D eigenvalue weighted by atomic mass is 32.2. The number of para-hydroxylation sites is 1. The summed E-state index contributed by atoms with van der Waals surface area (Å²) in [4.78, 5) is 12.2. The summed E-state index contributed by atoms with van der Waals surface area (Å²) in [6, 6.07) is 11.9. The van der Waals surface area contributed by atoms with Gasteiger partial charge >= 0.3 is 6.18 Å². The molecule has 1 aliphatic rings. The molecule has 1 N–H and O–H groups in total. The van der Waals surface area contributed by atoms with Crippen LogP contribution in [0.25, 0.3) is 6.08 Å². The third kappa shape index (κ3) is 4.44. The molecule has 3 nitrogen and oxygen atoms in total. The van der Waals surface area contributed by atoms with Crippen molar-refractivity contribution in [1.29, 1.82) is 0 Å². The van der Waals surface area contributed by atoms with Crippen LogP contribution in [-0.2, 0) is 17.6 Å². The summed E-state index contributed by atoms with van der Waals surface area (Å²) in [6.07, 6.45) is -2.76. The fraction of sp³-hybridized carbons (Fsp3) is 0.111. The van der Waals surface area contributed by atoms with Gasteiger partial charge in [-0.05, 0) is 29.8 Å². The molecular formula is C18H12F3NO2S2. The Labute approximate surface area is 157 Å². The largest absolute Gasteiger partial charge is 0.488 e. The van der Waals surface area contributed by atoms with Gasteiger partial charge in [0.2, 0.25) is 0 Å². The van der Waals surface area contributed by atoms with Gasteiger partial charge in [-0.2, -0.15) is 13.2 Å². The number of thioether (sulfide) groups is 1. The Kier molecular flexibility index (Phi) is 5.33. The van der Waals surface area contributed by atoms with E-state index < -0.39 is 11.7 Å². The van der Waals surface area contributed by atoms with Crippen LogP contribution in [0.1, 0.15) is 16.7 Å². The van der Waals surface area contributed by atoms with Crippen LogP contribution >= 0.6 is 24.0 Å². The van der Waals surface area contributed by atoms with Gasteiger partial charge in [0.25, 0.3) is 5.91 Å². The number of carbonyl (C=O) groups is 1. The van der Waals surface area contributed by atoms with E-state index in [2.05, 4.69) is 5.32 Å². The molecule has 1 saturated heterocycles. The quantitative estimate of drug-likeness (QED) is 0.598. The molecule has 8 heteroatoms. The molecule has 0 saturated carbocycles. The number of thiocarbonyl (C=S) groups is 1. The number of halogens is 3. The molecule has 3 rings (SSSR count). The van der Waals surface area contributed by atoms with E-state index >= 15 is 0 Å². The average Bonchev–Trinajstić information content (AvgIpc) is 2.91. The van der Waals surface area contributed by atoms with Gasteiger partial charge in [-0.1, -0.05) is 54.3 Å². The van der Waals surface area contributed by atoms with Crippen molar-refractivity contribution in [2.45, 2.75) is 12.8 Å². The summed E-state index contributed by atoms with van der Waals surface area (Å²) in [6.45, 7) is -0.0259. The van der Waals surface area contributed by atoms with E-state index in [-0.39, 0.29) is 12.5 Å². The van der Waals surface area contributed by atoms with Gasteiger partial charge in [-0.25, -0.2) is 0 Å². The molecule has 0 aromatic heterocycles. The number of rotatable bonds is 4. The summed E-state index contributed by atoms with van der Waals surface area (Å²) in [5, 5.41) is 2.52. The molecule has 1 fully saturated rings. The molecule has 26 heavy (non-hydrogen) atoms. The van der Waals surface area contributed by atoms with E-state index in [1.54, 1.807) is 36.4 Å². The third-order valence-electron chi connectivity index (χ3n) is 3.50. The molecule has 0 radical (unpaired) electrons. The van der Waals surface area contributed by atoms with Crippen molar-refractivity contribution in [3.8, 4) is 5.75 Å². The number of amides is 1. The normalized spacial score (nSPS) is 16.0. The van der Waals surface area contributed by atoms with Gasteiger partial charge in [-0.3, -0.25) is 4.79 Å². The smallest absolute Gasteiger partial charge is 0.416 e. The van der Waals surface area contributed by atoms with Crippen molar-refractivity contribution >= 4 is 40.3 Å². The molecule has 1 heterocycles. The van der Waals surface area contributed by atoms with Crippen molar-refractivity contribution in [1.82, 2.24) is 5.32 Å². The highest BCUT2D eigenvalue weighted by Crippen LogP contribution is 2.31. The lowest BCUT2D eigenvalue weighted by Crippen LogP contribution is -2.17. The van der Waals surface area contributed by atoms with E-state index in [0.29, 0.717) is 26.1 Å². The zero-order valence-electron chi connectivity index (χ0n) is 13.2. The second-order valence-corrected chi connectivity index (χ2v) is 7.10. The first kappa shape index (κ1) is 18.5. The van der Waals surface area contributed by atoms with Crippen LogP contribution in [0.15, 0.2) is 53.4 Å². The fourth-order valence-corrected chi connectivity index (χ4v) is 3.33. The van der Waals surface area contributed by atoms with Crippen LogP contribution < -0.4 is 10.1 Å². The molecule has 1 aliphatic heterocycles. The van der Waals surface area contributed by atoms with Gasteiger partial charge in [-0.15, -0.1) is 0 Å². The lowest BCUT2D eigenvalue weighted by Gasteiger charge is -2.11. The molecule has 1 amide bonds. The summed E-state index contributed by atoms with van der Waals surface area (Å²) in [5.74, 6) is 0.177. The Morgan fingerprint density at radius 2 is 1.92 bits per heavy atom. The van der Waals surface area contributed by atoms with Gasteiger partial charge in [0.1, 0.15) is 16.7 Å². The second kappa shape index (κ2) is 7.51. The van der Waals surface area contributed by atoms with Crippen LogP contribution in [0.4, 0.5) is 13.2 Å².